The monoisotopic (exact) mass is 622 g/mol. The molecule has 0 unspecified atom stereocenters. The quantitative estimate of drug-likeness (QED) is 0.206. The minimum atomic E-state index is -2.57. The van der Waals surface area contributed by atoms with Crippen LogP contribution >= 0.6 is 0 Å². The lowest BCUT2D eigenvalue weighted by molar-refractivity contribution is -0.0604. The molecule has 232 valence electrons. The molecule has 0 saturated carbocycles. The number of anilines is 1. The molecule has 9 nitrogen and oxygen atoms in total. The molecule has 0 radical (unpaired) electrons. The molecule has 0 bridgehead atoms. The number of nitrogens with one attached hydrogen (secondary N) is 1. The van der Waals surface area contributed by atoms with Gasteiger partial charge in [-0.2, -0.15) is 0 Å². The minimum absolute atomic E-state index is 0.235. The van der Waals surface area contributed by atoms with Gasteiger partial charge in [0.2, 0.25) is 8.32 Å². The Balaban J connectivity index is 1.86. The van der Waals surface area contributed by atoms with Crippen molar-refractivity contribution in [2.75, 3.05) is 11.9 Å². The average Bonchev–Trinajstić information content (AvgIpc) is 3.49. The Morgan fingerprint density at radius 3 is 2.26 bits per heavy atom. The Labute approximate surface area is 257 Å². The number of rotatable bonds is 9. The number of hydrogen-bond donors (Lipinski definition) is 3. The van der Waals surface area contributed by atoms with E-state index in [1.165, 1.54) is 6.33 Å². The van der Waals surface area contributed by atoms with Gasteiger partial charge < -0.3 is 29.3 Å². The molecule has 0 spiro atoms. The summed E-state index contributed by atoms with van der Waals surface area (Å²) in [6.07, 6.45) is 0.446. The molecular formula is C32H46N4O5Si2. The zero-order valence-corrected chi connectivity index (χ0v) is 28.8. The molecule has 0 aliphatic carbocycles. The standard InChI is InChI=1S/C32H46N4O5Si2/c1-21(2)43(22(3)4,23(5)6)41-27-31(40-26(19-37)32(27,39)16-18-42(7,8)9)36-17-15-25-28(33-20-34-29(25)36)35-30(38)24-13-11-10-12-14-24/h10-15,17,20-23,26-27,31,37,39H,19H2,1-9H3,(H,33,34,35,38)/t26-,27+,31-,32-/m1/s1. The number of carbonyl (C=O) groups is 1. The van der Waals surface area contributed by atoms with Crippen molar-refractivity contribution in [3.63, 3.8) is 0 Å². The van der Waals surface area contributed by atoms with E-state index in [1.807, 2.05) is 12.1 Å². The zero-order chi connectivity index (χ0) is 31.7. The normalized spacial score (nSPS) is 22.8. The summed E-state index contributed by atoms with van der Waals surface area (Å²) in [7, 11) is -4.49. The fourth-order valence-electron chi connectivity index (χ4n) is 6.40. The summed E-state index contributed by atoms with van der Waals surface area (Å²) in [6.45, 7) is 19.0. The maximum atomic E-state index is 12.9. The molecule has 11 heteroatoms. The molecule has 3 N–H and O–H groups in total. The van der Waals surface area contributed by atoms with Crippen LogP contribution in [0.5, 0.6) is 0 Å². The van der Waals surface area contributed by atoms with Crippen molar-refractivity contribution in [1.29, 1.82) is 0 Å². The summed E-state index contributed by atoms with van der Waals surface area (Å²) in [6, 6.07) is 10.7. The fourth-order valence-corrected chi connectivity index (χ4v) is 12.5. The summed E-state index contributed by atoms with van der Waals surface area (Å²) in [5.74, 6) is 3.23. The largest absolute Gasteiger partial charge is 0.405 e. The van der Waals surface area contributed by atoms with Crippen molar-refractivity contribution in [2.45, 2.75) is 102 Å². The second-order valence-corrected chi connectivity index (χ2v) is 23.5. The number of ether oxygens (including phenoxy) is 1. The van der Waals surface area contributed by atoms with E-state index in [1.54, 1.807) is 35.0 Å². The molecule has 1 saturated heterocycles. The Bertz CT molecular complexity index is 1470. The molecule has 43 heavy (non-hydrogen) atoms. The highest BCUT2D eigenvalue weighted by molar-refractivity contribution is 6.83. The lowest BCUT2D eigenvalue weighted by Crippen LogP contribution is -2.58. The van der Waals surface area contributed by atoms with Crippen molar-refractivity contribution in [3.05, 3.63) is 54.5 Å². The van der Waals surface area contributed by atoms with Gasteiger partial charge in [-0.05, 0) is 34.8 Å². The van der Waals surface area contributed by atoms with E-state index in [0.29, 0.717) is 22.4 Å². The summed E-state index contributed by atoms with van der Waals surface area (Å²) in [4.78, 5) is 21.8. The Kier molecular flexibility index (Phi) is 9.71. The molecule has 4 atom stereocenters. The van der Waals surface area contributed by atoms with Crippen molar-refractivity contribution in [2.24, 2.45) is 0 Å². The van der Waals surface area contributed by atoms with E-state index in [2.05, 4.69) is 87.9 Å². The van der Waals surface area contributed by atoms with Gasteiger partial charge in [0.25, 0.3) is 5.91 Å². The number of benzene rings is 1. The number of carbonyl (C=O) groups excluding carboxylic acids is 1. The van der Waals surface area contributed by atoms with E-state index in [4.69, 9.17) is 9.16 Å². The van der Waals surface area contributed by atoms with Crippen molar-refractivity contribution in [3.8, 4) is 11.5 Å². The Morgan fingerprint density at radius 2 is 1.70 bits per heavy atom. The predicted molar refractivity (Wildman–Crippen MR) is 175 cm³/mol. The summed E-state index contributed by atoms with van der Waals surface area (Å²) < 4.78 is 15.5. The Hall–Kier alpha value is -2.86. The number of aromatic nitrogens is 3. The highest BCUT2D eigenvalue weighted by atomic mass is 28.4. The lowest BCUT2D eigenvalue weighted by Gasteiger charge is -2.46. The van der Waals surface area contributed by atoms with Crippen LogP contribution in [-0.2, 0) is 9.16 Å². The van der Waals surface area contributed by atoms with E-state index in [0.717, 1.165) is 0 Å². The lowest BCUT2D eigenvalue weighted by atomic mass is 9.93. The van der Waals surface area contributed by atoms with E-state index >= 15 is 0 Å². The first-order valence-electron chi connectivity index (χ1n) is 15.0. The topological polar surface area (TPSA) is 119 Å². The van der Waals surface area contributed by atoms with Crippen LogP contribution < -0.4 is 5.32 Å². The van der Waals surface area contributed by atoms with Crippen molar-refractivity contribution < 1.29 is 24.2 Å². The van der Waals surface area contributed by atoms with Crippen LogP contribution in [0, 0.1) is 11.5 Å². The average molecular weight is 623 g/mol. The van der Waals surface area contributed by atoms with Gasteiger partial charge in [0.15, 0.2) is 11.8 Å². The van der Waals surface area contributed by atoms with E-state index in [-0.39, 0.29) is 22.5 Å². The summed E-state index contributed by atoms with van der Waals surface area (Å²) >= 11 is 0. The molecule has 3 aromatic rings. The smallest absolute Gasteiger partial charge is 0.256 e. The third kappa shape index (κ3) is 6.36. The molecule has 1 aliphatic heterocycles. The maximum Gasteiger partial charge on any atom is 0.256 e. The molecule has 1 amide bonds. The first-order chi connectivity index (χ1) is 20.2. The van der Waals surface area contributed by atoms with Crippen molar-refractivity contribution in [1.82, 2.24) is 14.5 Å². The van der Waals surface area contributed by atoms with Gasteiger partial charge in [-0.3, -0.25) is 4.79 Å². The van der Waals surface area contributed by atoms with Gasteiger partial charge in [0.1, 0.15) is 38.1 Å². The minimum Gasteiger partial charge on any atom is -0.405 e. The van der Waals surface area contributed by atoms with Gasteiger partial charge in [-0.1, -0.05) is 85.3 Å². The van der Waals surface area contributed by atoms with Gasteiger partial charge in [-0.15, -0.1) is 5.54 Å². The fraction of sp³-hybridized carbons (Fsp3) is 0.531. The van der Waals surface area contributed by atoms with Crippen LogP contribution in [0.2, 0.25) is 36.3 Å². The number of aliphatic hydroxyl groups excluding tert-OH is 1. The molecule has 1 aromatic carbocycles. The summed E-state index contributed by atoms with van der Waals surface area (Å²) in [5.41, 5.74) is 3.28. The second-order valence-electron chi connectivity index (χ2n) is 13.4. The SMILES string of the molecule is CC(C)[Si](O[C@H]1[C@H](n2ccc3c(NC(=O)c4ccccc4)ncnc32)O[C@H](CO)[C@]1(O)C#C[Si](C)(C)C)(C(C)C)C(C)C. The molecule has 1 fully saturated rings. The molecular weight excluding hydrogens is 577 g/mol. The van der Waals surface area contributed by atoms with Crippen LogP contribution in [-0.4, -0.2) is 71.5 Å². The molecule has 1 aliphatic rings. The van der Waals surface area contributed by atoms with E-state index in [9.17, 15) is 15.0 Å². The highest BCUT2D eigenvalue weighted by Gasteiger charge is 2.60. The number of aliphatic hydroxyl groups is 2. The maximum absolute atomic E-state index is 12.9. The van der Waals surface area contributed by atoms with Crippen LogP contribution in [0.25, 0.3) is 11.0 Å². The van der Waals surface area contributed by atoms with Gasteiger partial charge >= 0.3 is 0 Å². The van der Waals surface area contributed by atoms with Gasteiger partial charge in [-0.25, -0.2) is 9.97 Å². The highest BCUT2D eigenvalue weighted by Crippen LogP contribution is 2.49. The summed E-state index contributed by atoms with van der Waals surface area (Å²) in [5, 5.41) is 26.4. The van der Waals surface area contributed by atoms with Crippen LogP contribution in [0.15, 0.2) is 48.9 Å². The second kappa shape index (κ2) is 12.6. The number of hydrogen-bond acceptors (Lipinski definition) is 7. The van der Waals surface area contributed by atoms with Crippen LogP contribution in [0.1, 0.15) is 58.1 Å². The predicted octanol–water partition coefficient (Wildman–Crippen LogP) is 5.75. The first kappa shape index (κ1) is 33.0. The Morgan fingerprint density at radius 1 is 1.07 bits per heavy atom. The van der Waals surface area contributed by atoms with Crippen LogP contribution in [0.4, 0.5) is 5.82 Å². The van der Waals surface area contributed by atoms with Crippen molar-refractivity contribution >= 4 is 39.1 Å². The number of fused-ring (bicyclic) bond motifs is 1. The number of amides is 1. The van der Waals surface area contributed by atoms with Gasteiger partial charge in [0, 0.05) is 11.8 Å². The molecule has 2 aromatic heterocycles. The van der Waals surface area contributed by atoms with Crippen LogP contribution in [0.3, 0.4) is 0 Å². The first-order valence-corrected chi connectivity index (χ1v) is 20.7. The van der Waals surface area contributed by atoms with E-state index < -0.39 is 47.0 Å². The molecule has 4 rings (SSSR count). The number of nitrogens with zero attached hydrogens (tertiary/aromatic N) is 3. The third-order valence-corrected chi connectivity index (χ3v) is 15.3. The third-order valence-electron chi connectivity index (χ3n) is 8.38. The zero-order valence-electron chi connectivity index (χ0n) is 26.8. The molecule has 3 heterocycles. The van der Waals surface area contributed by atoms with Gasteiger partial charge in [0.05, 0.1) is 12.0 Å².